The van der Waals surface area contributed by atoms with E-state index in [0.29, 0.717) is 0 Å². The molecule has 0 fully saturated rings. The Morgan fingerprint density at radius 1 is 1.33 bits per heavy atom. The summed E-state index contributed by atoms with van der Waals surface area (Å²) in [6, 6.07) is 6.27. The molecule has 0 amide bonds. The quantitative estimate of drug-likeness (QED) is 0.530. The van der Waals surface area contributed by atoms with E-state index in [4.69, 9.17) is 0 Å². The maximum absolute atomic E-state index is 4.26. The van der Waals surface area contributed by atoms with E-state index < -0.39 is 0 Å². The smallest absolute Gasteiger partial charge is 0.231 e. The minimum Gasteiger partial charge on any atom is -0.244 e. The minimum absolute atomic E-state index is 1.05. The first kappa shape index (κ1) is 7.22. The predicted molar refractivity (Wildman–Crippen MR) is 47.7 cm³/mol. The van der Waals surface area contributed by atoms with Crippen molar-refractivity contribution in [1.82, 2.24) is 4.98 Å². The molecule has 0 aliphatic rings. The van der Waals surface area contributed by atoms with Crippen LogP contribution in [-0.4, -0.2) is 4.98 Å². The van der Waals surface area contributed by atoms with Crippen molar-refractivity contribution in [2.75, 3.05) is 0 Å². The van der Waals surface area contributed by atoms with Gasteiger partial charge in [0, 0.05) is 6.07 Å². The van der Waals surface area contributed by atoms with Gasteiger partial charge in [0.25, 0.3) is 0 Å². The third-order valence-corrected chi connectivity index (χ3v) is 2.01. The zero-order valence-corrected chi connectivity index (χ0v) is 7.28. The summed E-state index contributed by atoms with van der Waals surface area (Å²) in [5.41, 5.74) is 3.49. The average molecular weight is 159 g/mol. The van der Waals surface area contributed by atoms with Gasteiger partial charge in [-0.15, -0.1) is 0 Å². The number of hydrogen-bond acceptors (Lipinski definition) is 1. The summed E-state index contributed by atoms with van der Waals surface area (Å²) < 4.78 is 2.08. The SMILES string of the molecule is Cc1ccc2ncc[n+](C)c2c1. The molecule has 0 radical (unpaired) electrons. The van der Waals surface area contributed by atoms with Crippen molar-refractivity contribution < 1.29 is 4.57 Å². The van der Waals surface area contributed by atoms with Crippen molar-refractivity contribution in [3.05, 3.63) is 36.2 Å². The third kappa shape index (κ3) is 1.05. The summed E-state index contributed by atoms with van der Waals surface area (Å²) in [4.78, 5) is 4.26. The third-order valence-electron chi connectivity index (χ3n) is 2.01. The van der Waals surface area contributed by atoms with Gasteiger partial charge in [-0.25, -0.2) is 4.98 Å². The van der Waals surface area contributed by atoms with Crippen LogP contribution in [0.3, 0.4) is 0 Å². The highest BCUT2D eigenvalue weighted by atomic mass is 14.9. The van der Waals surface area contributed by atoms with E-state index in [1.54, 1.807) is 0 Å². The summed E-state index contributed by atoms with van der Waals surface area (Å²) in [5, 5.41) is 0. The molecule has 0 aliphatic carbocycles. The van der Waals surface area contributed by atoms with Gasteiger partial charge in [-0.1, -0.05) is 6.07 Å². The van der Waals surface area contributed by atoms with E-state index in [9.17, 15) is 0 Å². The Kier molecular flexibility index (Phi) is 1.54. The molecule has 1 aromatic carbocycles. The molecule has 2 rings (SSSR count). The molecule has 0 saturated carbocycles. The Labute approximate surface area is 71.5 Å². The number of hydrogen-bond donors (Lipinski definition) is 0. The maximum atomic E-state index is 4.26. The summed E-state index contributed by atoms with van der Waals surface area (Å²) in [6.45, 7) is 2.09. The minimum atomic E-state index is 1.05. The lowest BCUT2D eigenvalue weighted by Gasteiger charge is -1.95. The van der Waals surface area contributed by atoms with Crippen LogP contribution in [0.4, 0.5) is 0 Å². The molecule has 60 valence electrons. The molecule has 0 N–H and O–H groups in total. The highest BCUT2D eigenvalue weighted by Gasteiger charge is 2.03. The van der Waals surface area contributed by atoms with Crippen LogP contribution in [0.5, 0.6) is 0 Å². The molecular formula is C10H11N2+. The van der Waals surface area contributed by atoms with Gasteiger partial charge in [0.05, 0.1) is 6.20 Å². The summed E-state index contributed by atoms with van der Waals surface area (Å²) in [5.74, 6) is 0. The standard InChI is InChI=1S/C10H11N2/c1-8-3-4-9-10(7-8)12(2)6-5-11-9/h3-7H,1-2H3/q+1. The molecule has 2 aromatic rings. The molecule has 0 aliphatic heterocycles. The van der Waals surface area contributed by atoms with Crippen molar-refractivity contribution in [1.29, 1.82) is 0 Å². The lowest BCUT2D eigenvalue weighted by molar-refractivity contribution is -0.645. The van der Waals surface area contributed by atoms with E-state index in [-0.39, 0.29) is 0 Å². The number of aromatic nitrogens is 2. The second-order valence-corrected chi connectivity index (χ2v) is 3.03. The summed E-state index contributed by atoms with van der Waals surface area (Å²) >= 11 is 0. The fourth-order valence-corrected chi connectivity index (χ4v) is 1.32. The molecule has 0 spiro atoms. The number of benzene rings is 1. The van der Waals surface area contributed by atoms with Gasteiger partial charge < -0.3 is 0 Å². The first-order valence-corrected chi connectivity index (χ1v) is 3.98. The van der Waals surface area contributed by atoms with Gasteiger partial charge >= 0.3 is 0 Å². The Bertz CT molecular complexity index is 421. The van der Waals surface area contributed by atoms with Crippen molar-refractivity contribution in [2.45, 2.75) is 6.92 Å². The van der Waals surface area contributed by atoms with Crippen molar-refractivity contribution in [3.63, 3.8) is 0 Å². The molecule has 2 heteroatoms. The maximum Gasteiger partial charge on any atom is 0.231 e. The van der Waals surface area contributed by atoms with Crippen molar-refractivity contribution in [3.8, 4) is 0 Å². The van der Waals surface area contributed by atoms with E-state index >= 15 is 0 Å². The number of nitrogens with zero attached hydrogens (tertiary/aromatic N) is 2. The number of aryl methyl sites for hydroxylation is 2. The molecule has 1 heterocycles. The van der Waals surface area contributed by atoms with E-state index in [1.807, 2.05) is 25.5 Å². The van der Waals surface area contributed by atoms with Gasteiger partial charge in [-0.3, -0.25) is 0 Å². The zero-order valence-electron chi connectivity index (χ0n) is 7.28. The van der Waals surface area contributed by atoms with Crippen molar-refractivity contribution >= 4 is 11.0 Å². The Morgan fingerprint density at radius 2 is 2.17 bits per heavy atom. The zero-order chi connectivity index (χ0) is 8.55. The molecule has 0 unspecified atom stereocenters. The fourth-order valence-electron chi connectivity index (χ4n) is 1.32. The van der Waals surface area contributed by atoms with E-state index in [2.05, 4.69) is 28.6 Å². The van der Waals surface area contributed by atoms with Crippen LogP contribution >= 0.6 is 0 Å². The van der Waals surface area contributed by atoms with Crippen LogP contribution in [0.2, 0.25) is 0 Å². The average Bonchev–Trinajstić information content (AvgIpc) is 2.07. The Hall–Kier alpha value is -1.44. The van der Waals surface area contributed by atoms with Crippen LogP contribution in [-0.2, 0) is 7.05 Å². The van der Waals surface area contributed by atoms with Gasteiger partial charge in [-0.2, -0.15) is 4.57 Å². The van der Waals surface area contributed by atoms with Crippen LogP contribution in [0, 0.1) is 6.92 Å². The number of fused-ring (bicyclic) bond motifs is 1. The van der Waals surface area contributed by atoms with E-state index in [0.717, 1.165) is 5.52 Å². The highest BCUT2D eigenvalue weighted by molar-refractivity contribution is 5.71. The molecule has 1 aromatic heterocycles. The first-order chi connectivity index (χ1) is 5.77. The van der Waals surface area contributed by atoms with Crippen molar-refractivity contribution in [2.24, 2.45) is 7.05 Å². The molecule has 0 saturated heterocycles. The molecule has 0 bridgehead atoms. The Morgan fingerprint density at radius 3 is 3.00 bits per heavy atom. The lowest BCUT2D eigenvalue weighted by Crippen LogP contribution is -2.28. The van der Waals surface area contributed by atoms with Gasteiger partial charge in [0.2, 0.25) is 5.52 Å². The lowest BCUT2D eigenvalue weighted by atomic mass is 10.2. The molecular weight excluding hydrogens is 148 g/mol. The Balaban J connectivity index is 2.88. The van der Waals surface area contributed by atoms with Gasteiger partial charge in [0.1, 0.15) is 12.6 Å². The summed E-state index contributed by atoms with van der Waals surface area (Å²) in [6.07, 6.45) is 3.78. The monoisotopic (exact) mass is 159 g/mol. The fraction of sp³-hybridized carbons (Fsp3) is 0.200. The van der Waals surface area contributed by atoms with Crippen LogP contribution in [0.1, 0.15) is 5.56 Å². The van der Waals surface area contributed by atoms with Gasteiger partial charge in [-0.05, 0) is 18.6 Å². The van der Waals surface area contributed by atoms with Crippen LogP contribution < -0.4 is 4.57 Å². The van der Waals surface area contributed by atoms with Crippen LogP contribution in [0.25, 0.3) is 11.0 Å². The number of rotatable bonds is 0. The van der Waals surface area contributed by atoms with E-state index in [1.165, 1.54) is 11.1 Å². The second-order valence-electron chi connectivity index (χ2n) is 3.03. The van der Waals surface area contributed by atoms with Gasteiger partial charge in [0.15, 0.2) is 6.20 Å². The predicted octanol–water partition coefficient (Wildman–Crippen LogP) is 1.37. The largest absolute Gasteiger partial charge is 0.244 e. The summed E-state index contributed by atoms with van der Waals surface area (Å²) in [7, 11) is 2.03. The normalized spacial score (nSPS) is 10.5. The highest BCUT2D eigenvalue weighted by Crippen LogP contribution is 2.07. The second kappa shape index (κ2) is 2.55. The topological polar surface area (TPSA) is 16.8 Å². The first-order valence-electron chi connectivity index (χ1n) is 3.98. The molecule has 2 nitrogen and oxygen atoms in total. The molecule has 12 heavy (non-hydrogen) atoms. The molecule has 0 atom stereocenters. The van der Waals surface area contributed by atoms with Crippen LogP contribution in [0.15, 0.2) is 30.6 Å².